The molecule has 0 aliphatic carbocycles. The number of nitrogens with two attached hydrogens (primary N) is 1. The van der Waals surface area contributed by atoms with Crippen molar-refractivity contribution >= 4 is 17.3 Å². The van der Waals surface area contributed by atoms with E-state index in [0.717, 1.165) is 17.2 Å². The van der Waals surface area contributed by atoms with E-state index in [9.17, 15) is 0 Å². The maximum Gasteiger partial charge on any atom is 0.150 e. The predicted octanol–water partition coefficient (Wildman–Crippen LogP) is 1.87. The van der Waals surface area contributed by atoms with Crippen molar-refractivity contribution in [1.82, 2.24) is 15.2 Å². The highest BCUT2D eigenvalue weighted by atomic mass is 16.5. The van der Waals surface area contributed by atoms with Gasteiger partial charge in [0.05, 0.1) is 17.6 Å². The zero-order valence-corrected chi connectivity index (χ0v) is 13.1. The molecule has 2 aromatic heterocycles. The summed E-state index contributed by atoms with van der Waals surface area (Å²) in [6.07, 6.45) is 1.64. The molecular formula is C15H22N6O. The third-order valence-corrected chi connectivity index (χ3v) is 3.25. The first-order valence-corrected chi connectivity index (χ1v) is 7.11. The van der Waals surface area contributed by atoms with Crippen LogP contribution in [0.15, 0.2) is 30.5 Å². The molecule has 0 radical (unpaired) electrons. The molecule has 2 aromatic rings. The van der Waals surface area contributed by atoms with E-state index in [0.29, 0.717) is 18.9 Å². The SMILES string of the molecule is COC(C)(C)c1cccc(Nc2cnnc(NCCN)c2)n1. The van der Waals surface area contributed by atoms with Gasteiger partial charge in [-0.25, -0.2) is 4.98 Å². The van der Waals surface area contributed by atoms with E-state index < -0.39 is 5.60 Å². The quantitative estimate of drug-likeness (QED) is 0.718. The minimum absolute atomic E-state index is 0.442. The van der Waals surface area contributed by atoms with Crippen molar-refractivity contribution < 1.29 is 4.74 Å². The number of aromatic nitrogens is 3. The van der Waals surface area contributed by atoms with Gasteiger partial charge in [-0.3, -0.25) is 0 Å². The summed E-state index contributed by atoms with van der Waals surface area (Å²) in [5.41, 5.74) is 6.67. The van der Waals surface area contributed by atoms with Crippen molar-refractivity contribution in [3.8, 4) is 0 Å². The van der Waals surface area contributed by atoms with Crippen molar-refractivity contribution in [3.05, 3.63) is 36.2 Å². The van der Waals surface area contributed by atoms with Crippen LogP contribution in [0.5, 0.6) is 0 Å². The summed E-state index contributed by atoms with van der Waals surface area (Å²) in [5.74, 6) is 1.39. The van der Waals surface area contributed by atoms with Crippen LogP contribution < -0.4 is 16.4 Å². The molecular weight excluding hydrogens is 280 g/mol. The second kappa shape index (κ2) is 7.15. The van der Waals surface area contributed by atoms with E-state index >= 15 is 0 Å². The van der Waals surface area contributed by atoms with Gasteiger partial charge in [0, 0.05) is 26.3 Å². The normalized spacial score (nSPS) is 11.3. The fraction of sp³-hybridized carbons (Fsp3) is 0.400. The van der Waals surface area contributed by atoms with E-state index in [1.807, 2.05) is 38.1 Å². The molecule has 0 spiro atoms. The highest BCUT2D eigenvalue weighted by Crippen LogP contribution is 2.24. The van der Waals surface area contributed by atoms with E-state index in [1.54, 1.807) is 13.3 Å². The Bertz CT molecular complexity index is 616. The summed E-state index contributed by atoms with van der Waals surface area (Å²) in [4.78, 5) is 4.58. The van der Waals surface area contributed by atoms with Crippen molar-refractivity contribution in [2.24, 2.45) is 5.73 Å². The van der Waals surface area contributed by atoms with Crippen molar-refractivity contribution in [2.45, 2.75) is 19.4 Å². The molecule has 0 saturated carbocycles. The zero-order valence-electron chi connectivity index (χ0n) is 13.1. The second-order valence-corrected chi connectivity index (χ2v) is 5.29. The minimum Gasteiger partial charge on any atom is -0.373 e. The Labute approximate surface area is 130 Å². The van der Waals surface area contributed by atoms with Gasteiger partial charge in [0.15, 0.2) is 5.82 Å². The molecule has 4 N–H and O–H groups in total. The van der Waals surface area contributed by atoms with Gasteiger partial charge in [-0.1, -0.05) is 6.07 Å². The van der Waals surface area contributed by atoms with E-state index in [2.05, 4.69) is 25.8 Å². The van der Waals surface area contributed by atoms with Gasteiger partial charge in [0.2, 0.25) is 0 Å². The van der Waals surface area contributed by atoms with Gasteiger partial charge in [-0.2, -0.15) is 5.10 Å². The van der Waals surface area contributed by atoms with Gasteiger partial charge >= 0.3 is 0 Å². The first-order valence-electron chi connectivity index (χ1n) is 7.11. The topological polar surface area (TPSA) is 98.0 Å². The van der Waals surface area contributed by atoms with Crippen LogP contribution in [0, 0.1) is 0 Å². The van der Waals surface area contributed by atoms with Crippen LogP contribution in [0.25, 0.3) is 0 Å². The van der Waals surface area contributed by atoms with E-state index in [1.165, 1.54) is 0 Å². The molecule has 0 aliphatic heterocycles. The van der Waals surface area contributed by atoms with E-state index in [-0.39, 0.29) is 0 Å². The third-order valence-electron chi connectivity index (χ3n) is 3.25. The lowest BCUT2D eigenvalue weighted by molar-refractivity contribution is 0.0156. The van der Waals surface area contributed by atoms with Crippen LogP contribution in [0.2, 0.25) is 0 Å². The first kappa shape index (κ1) is 16.1. The molecule has 2 rings (SSSR count). The highest BCUT2D eigenvalue weighted by molar-refractivity contribution is 5.58. The van der Waals surface area contributed by atoms with Crippen molar-refractivity contribution in [3.63, 3.8) is 0 Å². The number of pyridine rings is 1. The molecule has 7 nitrogen and oxygen atoms in total. The molecule has 22 heavy (non-hydrogen) atoms. The number of rotatable bonds is 7. The minimum atomic E-state index is -0.442. The standard InChI is InChI=1S/C15H22N6O/c1-15(2,22-3)12-5-4-6-13(20-12)19-11-9-14(17-8-7-16)21-18-10-11/h4-6,9-10H,7-8,16H2,1-3H3,(H2,17,19,20,21). The summed E-state index contributed by atoms with van der Waals surface area (Å²) in [7, 11) is 1.67. The largest absolute Gasteiger partial charge is 0.373 e. The first-order chi connectivity index (χ1) is 10.5. The number of anilines is 3. The monoisotopic (exact) mass is 302 g/mol. The molecule has 0 aromatic carbocycles. The number of nitrogens with zero attached hydrogens (tertiary/aromatic N) is 3. The summed E-state index contributed by atoms with van der Waals surface area (Å²) in [5, 5.41) is 14.2. The number of hydrogen-bond donors (Lipinski definition) is 3. The fourth-order valence-corrected chi connectivity index (χ4v) is 1.81. The second-order valence-electron chi connectivity index (χ2n) is 5.29. The molecule has 2 heterocycles. The van der Waals surface area contributed by atoms with Crippen molar-refractivity contribution in [2.75, 3.05) is 30.8 Å². The fourth-order valence-electron chi connectivity index (χ4n) is 1.81. The molecule has 0 bridgehead atoms. The maximum atomic E-state index is 5.46. The molecule has 0 saturated heterocycles. The average Bonchev–Trinajstić information content (AvgIpc) is 2.53. The summed E-state index contributed by atoms with van der Waals surface area (Å²) in [6, 6.07) is 7.63. The zero-order chi connectivity index (χ0) is 16.0. The Hall–Kier alpha value is -2.25. The Morgan fingerprint density at radius 1 is 1.27 bits per heavy atom. The van der Waals surface area contributed by atoms with Crippen LogP contribution >= 0.6 is 0 Å². The van der Waals surface area contributed by atoms with Gasteiger partial charge in [-0.05, 0) is 26.0 Å². The summed E-state index contributed by atoms with van der Waals surface area (Å²) in [6.45, 7) is 5.13. The Morgan fingerprint density at radius 2 is 2.09 bits per heavy atom. The van der Waals surface area contributed by atoms with E-state index in [4.69, 9.17) is 10.5 Å². The molecule has 0 amide bonds. The maximum absolute atomic E-state index is 5.46. The van der Waals surface area contributed by atoms with Gasteiger partial charge in [0.1, 0.15) is 11.4 Å². The average molecular weight is 302 g/mol. The van der Waals surface area contributed by atoms with Gasteiger partial charge in [-0.15, -0.1) is 5.10 Å². The Balaban J connectivity index is 2.15. The summed E-state index contributed by atoms with van der Waals surface area (Å²) < 4.78 is 5.46. The number of nitrogens with one attached hydrogen (secondary N) is 2. The Morgan fingerprint density at radius 3 is 2.82 bits per heavy atom. The Kier molecular flexibility index (Phi) is 5.24. The third kappa shape index (κ3) is 4.12. The number of hydrogen-bond acceptors (Lipinski definition) is 7. The molecule has 7 heteroatoms. The predicted molar refractivity (Wildman–Crippen MR) is 87.1 cm³/mol. The molecule has 0 fully saturated rings. The molecule has 0 unspecified atom stereocenters. The van der Waals surface area contributed by atoms with Crippen LogP contribution in [0.1, 0.15) is 19.5 Å². The van der Waals surface area contributed by atoms with Crippen LogP contribution in [0.3, 0.4) is 0 Å². The smallest absolute Gasteiger partial charge is 0.150 e. The van der Waals surface area contributed by atoms with Crippen LogP contribution in [-0.4, -0.2) is 35.4 Å². The van der Waals surface area contributed by atoms with Gasteiger partial charge in [0.25, 0.3) is 0 Å². The lowest BCUT2D eigenvalue weighted by Crippen LogP contribution is -2.21. The van der Waals surface area contributed by atoms with Crippen LogP contribution in [-0.2, 0) is 10.3 Å². The number of methoxy groups -OCH3 is 1. The lowest BCUT2D eigenvalue weighted by atomic mass is 10.0. The molecule has 0 atom stereocenters. The lowest BCUT2D eigenvalue weighted by Gasteiger charge is -2.22. The molecule has 0 aliphatic rings. The van der Waals surface area contributed by atoms with Crippen molar-refractivity contribution in [1.29, 1.82) is 0 Å². The molecule has 118 valence electrons. The summed E-state index contributed by atoms with van der Waals surface area (Å²) >= 11 is 0. The van der Waals surface area contributed by atoms with Gasteiger partial charge < -0.3 is 21.1 Å². The number of ether oxygens (including phenoxy) is 1. The van der Waals surface area contributed by atoms with Crippen LogP contribution in [0.4, 0.5) is 17.3 Å². The highest BCUT2D eigenvalue weighted by Gasteiger charge is 2.21.